The molecule has 0 spiro atoms. The standard InChI is InChI=1S/C27H30N2O4S/c1-3-15-28(34(32,33)25-12-11-22-8-4-5-9-23(22)19-25)16-6-7-21-10-13-26-24(18-21)14-17-29(26)20(2)27(30)31/h4-5,8-14,17-20H,3,6-7,15-16H2,1-2H3,(H,30,31). The molecule has 6 nitrogen and oxygen atoms in total. The normalized spacial score (nSPS) is 13.0. The summed E-state index contributed by atoms with van der Waals surface area (Å²) in [6.45, 7) is 4.57. The molecule has 1 aromatic heterocycles. The van der Waals surface area contributed by atoms with Gasteiger partial charge in [-0.1, -0.05) is 43.3 Å². The predicted molar refractivity (Wildman–Crippen MR) is 136 cm³/mol. The number of nitrogens with zero attached hydrogens (tertiary/aromatic N) is 2. The van der Waals surface area contributed by atoms with Gasteiger partial charge < -0.3 is 9.67 Å². The minimum atomic E-state index is -3.58. The van der Waals surface area contributed by atoms with Gasteiger partial charge in [0.1, 0.15) is 6.04 Å². The molecule has 0 fully saturated rings. The Bertz CT molecular complexity index is 1430. The molecular weight excluding hydrogens is 448 g/mol. The lowest BCUT2D eigenvalue weighted by Gasteiger charge is -2.22. The van der Waals surface area contributed by atoms with E-state index in [-0.39, 0.29) is 0 Å². The van der Waals surface area contributed by atoms with Gasteiger partial charge in [0, 0.05) is 24.8 Å². The molecule has 3 aromatic carbocycles. The number of hydrogen-bond acceptors (Lipinski definition) is 3. The number of fused-ring (bicyclic) bond motifs is 2. The van der Waals surface area contributed by atoms with Crippen LogP contribution in [-0.4, -0.2) is 41.5 Å². The number of rotatable bonds is 10. The Morgan fingerprint density at radius 2 is 1.74 bits per heavy atom. The molecular formula is C27H30N2O4S. The lowest BCUT2D eigenvalue weighted by atomic mass is 10.1. The molecule has 1 atom stereocenters. The molecule has 34 heavy (non-hydrogen) atoms. The Morgan fingerprint density at radius 1 is 0.971 bits per heavy atom. The Labute approximate surface area is 200 Å². The maximum Gasteiger partial charge on any atom is 0.326 e. The summed E-state index contributed by atoms with van der Waals surface area (Å²) in [7, 11) is -3.58. The monoisotopic (exact) mass is 478 g/mol. The van der Waals surface area contributed by atoms with Gasteiger partial charge >= 0.3 is 5.97 Å². The Morgan fingerprint density at radius 3 is 2.47 bits per heavy atom. The van der Waals surface area contributed by atoms with Gasteiger partial charge in [0.15, 0.2) is 0 Å². The quantitative estimate of drug-likeness (QED) is 0.328. The number of aryl methyl sites for hydroxylation is 1. The third kappa shape index (κ3) is 4.86. The van der Waals surface area contributed by atoms with Gasteiger partial charge in [-0.3, -0.25) is 0 Å². The number of carboxylic acids is 1. The van der Waals surface area contributed by atoms with E-state index in [0.717, 1.165) is 40.1 Å². The number of hydrogen-bond donors (Lipinski definition) is 1. The van der Waals surface area contributed by atoms with Crippen LogP contribution in [0.1, 0.15) is 38.3 Å². The SMILES string of the molecule is CCCN(CCCc1ccc2c(ccn2C(C)C(=O)O)c1)S(=O)(=O)c1ccc2ccccc2c1. The molecule has 0 aliphatic heterocycles. The van der Waals surface area contributed by atoms with Gasteiger partial charge in [0.05, 0.1) is 4.90 Å². The lowest BCUT2D eigenvalue weighted by Crippen LogP contribution is -2.33. The number of benzene rings is 3. The molecule has 0 amide bonds. The van der Waals surface area contributed by atoms with Crippen LogP contribution in [0.3, 0.4) is 0 Å². The van der Waals surface area contributed by atoms with Crippen molar-refractivity contribution in [3.63, 3.8) is 0 Å². The van der Waals surface area contributed by atoms with Gasteiger partial charge in [0.25, 0.3) is 0 Å². The predicted octanol–water partition coefficient (Wildman–Crippen LogP) is 5.47. The highest BCUT2D eigenvalue weighted by Gasteiger charge is 2.23. The fourth-order valence-electron chi connectivity index (χ4n) is 4.36. The van der Waals surface area contributed by atoms with Crippen LogP contribution in [0.25, 0.3) is 21.7 Å². The van der Waals surface area contributed by atoms with E-state index in [1.807, 2.05) is 55.5 Å². The molecule has 1 unspecified atom stereocenters. The minimum Gasteiger partial charge on any atom is -0.480 e. The van der Waals surface area contributed by atoms with Crippen molar-refractivity contribution in [2.75, 3.05) is 13.1 Å². The highest BCUT2D eigenvalue weighted by Crippen LogP contribution is 2.24. The van der Waals surface area contributed by atoms with Crippen LogP contribution in [0.2, 0.25) is 0 Å². The van der Waals surface area contributed by atoms with Crippen LogP contribution in [0.15, 0.2) is 77.8 Å². The Balaban J connectivity index is 1.48. The van der Waals surface area contributed by atoms with Gasteiger partial charge in [-0.2, -0.15) is 4.31 Å². The average Bonchev–Trinajstić information content (AvgIpc) is 3.25. The van der Waals surface area contributed by atoms with Crippen molar-refractivity contribution >= 4 is 37.7 Å². The van der Waals surface area contributed by atoms with E-state index < -0.39 is 22.0 Å². The summed E-state index contributed by atoms with van der Waals surface area (Å²) in [5, 5.41) is 12.2. The summed E-state index contributed by atoms with van der Waals surface area (Å²) >= 11 is 0. The number of carbonyl (C=O) groups is 1. The summed E-state index contributed by atoms with van der Waals surface area (Å²) in [4.78, 5) is 11.7. The second-order valence-electron chi connectivity index (χ2n) is 8.65. The van der Waals surface area contributed by atoms with E-state index in [4.69, 9.17) is 0 Å². The zero-order valence-electron chi connectivity index (χ0n) is 19.5. The zero-order chi connectivity index (χ0) is 24.3. The summed E-state index contributed by atoms with van der Waals surface area (Å²) in [6, 6.07) is 20.4. The van der Waals surface area contributed by atoms with E-state index in [1.54, 1.807) is 34.1 Å². The summed E-state index contributed by atoms with van der Waals surface area (Å²) < 4.78 is 30.1. The fraction of sp³-hybridized carbons (Fsp3) is 0.296. The smallest absolute Gasteiger partial charge is 0.326 e. The maximum absolute atomic E-state index is 13.4. The first-order valence-electron chi connectivity index (χ1n) is 11.6. The van der Waals surface area contributed by atoms with E-state index in [1.165, 1.54) is 0 Å². The van der Waals surface area contributed by atoms with Gasteiger partial charge in [-0.05, 0) is 78.2 Å². The van der Waals surface area contributed by atoms with Crippen LogP contribution in [-0.2, 0) is 21.2 Å². The lowest BCUT2D eigenvalue weighted by molar-refractivity contribution is -0.140. The van der Waals surface area contributed by atoms with Crippen molar-refractivity contribution in [3.05, 3.63) is 78.5 Å². The van der Waals surface area contributed by atoms with Crippen LogP contribution in [0.5, 0.6) is 0 Å². The maximum atomic E-state index is 13.4. The number of sulfonamides is 1. The third-order valence-electron chi connectivity index (χ3n) is 6.26. The van der Waals surface area contributed by atoms with Crippen molar-refractivity contribution in [2.45, 2.75) is 44.0 Å². The topological polar surface area (TPSA) is 79.6 Å². The minimum absolute atomic E-state index is 0.329. The van der Waals surface area contributed by atoms with Crippen LogP contribution >= 0.6 is 0 Å². The average molecular weight is 479 g/mol. The van der Waals surface area contributed by atoms with Crippen molar-refractivity contribution in [3.8, 4) is 0 Å². The molecule has 7 heteroatoms. The highest BCUT2D eigenvalue weighted by atomic mass is 32.2. The molecule has 178 valence electrons. The van der Waals surface area contributed by atoms with Crippen molar-refractivity contribution < 1.29 is 18.3 Å². The first-order chi connectivity index (χ1) is 16.3. The van der Waals surface area contributed by atoms with Crippen LogP contribution < -0.4 is 0 Å². The van der Waals surface area contributed by atoms with Crippen molar-refractivity contribution in [1.29, 1.82) is 0 Å². The number of aliphatic carboxylic acids is 1. The molecule has 0 radical (unpaired) electrons. The second-order valence-corrected chi connectivity index (χ2v) is 10.6. The first-order valence-corrected chi connectivity index (χ1v) is 13.1. The molecule has 4 aromatic rings. The van der Waals surface area contributed by atoms with Crippen molar-refractivity contribution in [2.24, 2.45) is 0 Å². The van der Waals surface area contributed by atoms with Crippen LogP contribution in [0.4, 0.5) is 0 Å². The summed E-state index contributed by atoms with van der Waals surface area (Å²) in [6.07, 6.45) is 3.98. The molecule has 0 aliphatic carbocycles. The molecule has 1 N–H and O–H groups in total. The zero-order valence-corrected chi connectivity index (χ0v) is 20.3. The van der Waals surface area contributed by atoms with Gasteiger partial charge in [0.2, 0.25) is 10.0 Å². The van der Waals surface area contributed by atoms with E-state index in [2.05, 4.69) is 6.07 Å². The van der Waals surface area contributed by atoms with E-state index >= 15 is 0 Å². The number of aromatic nitrogens is 1. The summed E-state index contributed by atoms with van der Waals surface area (Å²) in [5.74, 6) is -0.870. The molecule has 0 saturated heterocycles. The van der Waals surface area contributed by atoms with Crippen LogP contribution in [0, 0.1) is 0 Å². The molecule has 0 aliphatic rings. The summed E-state index contributed by atoms with van der Waals surface area (Å²) in [5.41, 5.74) is 1.98. The van der Waals surface area contributed by atoms with Gasteiger partial charge in [-0.25, -0.2) is 13.2 Å². The third-order valence-corrected chi connectivity index (χ3v) is 8.16. The molecule has 1 heterocycles. The Kier molecular flexibility index (Phi) is 7.05. The largest absolute Gasteiger partial charge is 0.480 e. The highest BCUT2D eigenvalue weighted by molar-refractivity contribution is 7.89. The molecule has 4 rings (SSSR count). The second kappa shape index (κ2) is 9.99. The van der Waals surface area contributed by atoms with Gasteiger partial charge in [-0.15, -0.1) is 0 Å². The van der Waals surface area contributed by atoms with E-state index in [9.17, 15) is 18.3 Å². The molecule has 0 saturated carbocycles. The Hall–Kier alpha value is -3.16. The fourth-order valence-corrected chi connectivity index (χ4v) is 5.97. The van der Waals surface area contributed by atoms with Crippen molar-refractivity contribution in [1.82, 2.24) is 8.87 Å². The number of carboxylic acid groups (broad SMARTS) is 1. The first kappa shape index (κ1) is 24.0. The molecule has 0 bridgehead atoms. The van der Waals surface area contributed by atoms with E-state index in [0.29, 0.717) is 24.4 Å².